The number of allylic oxidation sites excluding steroid dienone is 1. The molecule has 37 heavy (non-hydrogen) atoms. The molecule has 2 atom stereocenters. The summed E-state index contributed by atoms with van der Waals surface area (Å²) >= 11 is 1.45. The smallest absolute Gasteiger partial charge is 0.338 e. The summed E-state index contributed by atoms with van der Waals surface area (Å²) in [4.78, 5) is 47.0. The largest absolute Gasteiger partial charge is 0.466 e. The Hall–Kier alpha value is -3.07. The van der Waals surface area contributed by atoms with E-state index in [1.54, 1.807) is 11.8 Å². The van der Waals surface area contributed by atoms with E-state index in [1.165, 1.54) is 24.4 Å². The van der Waals surface area contributed by atoms with E-state index in [1.807, 2.05) is 29.4 Å². The number of esters is 2. The van der Waals surface area contributed by atoms with E-state index in [0.717, 1.165) is 29.3 Å². The van der Waals surface area contributed by atoms with Gasteiger partial charge < -0.3 is 19.3 Å². The minimum atomic E-state index is -0.455. The lowest BCUT2D eigenvalue weighted by Gasteiger charge is -2.37. The lowest BCUT2D eigenvalue weighted by molar-refractivity contribution is -0.151. The number of hydrogen-bond acceptors (Lipinski definition) is 8. The minimum Gasteiger partial charge on any atom is -0.466 e. The van der Waals surface area contributed by atoms with Crippen molar-refractivity contribution in [3.05, 3.63) is 57.8 Å². The maximum Gasteiger partial charge on any atom is 0.338 e. The van der Waals surface area contributed by atoms with Crippen LogP contribution < -0.4 is 0 Å². The van der Waals surface area contributed by atoms with E-state index < -0.39 is 12.0 Å². The molecule has 4 rings (SSSR count). The zero-order valence-corrected chi connectivity index (χ0v) is 23.0. The number of amides is 1. The Balaban J connectivity index is 1.60. The number of thioether (sulfide) groups is 1. The Labute approximate surface area is 222 Å². The second kappa shape index (κ2) is 11.5. The first-order valence-corrected chi connectivity index (χ1v) is 13.7. The number of hydrogen-bond donors (Lipinski definition) is 0. The van der Waals surface area contributed by atoms with Crippen LogP contribution in [0.15, 0.2) is 51.6 Å². The number of nitrogens with zero attached hydrogens (tertiary/aromatic N) is 3. The lowest BCUT2D eigenvalue weighted by atomic mass is 9.91. The number of methoxy groups -OCH3 is 1. The molecule has 0 bridgehead atoms. The Morgan fingerprint density at radius 3 is 2.57 bits per heavy atom. The monoisotopic (exact) mass is 525 g/mol. The van der Waals surface area contributed by atoms with Crippen molar-refractivity contribution in [2.45, 2.75) is 58.9 Å². The zero-order chi connectivity index (χ0) is 26.7. The molecule has 1 aromatic carbocycles. The van der Waals surface area contributed by atoms with Crippen LogP contribution in [0.25, 0.3) is 0 Å². The molecular weight excluding hydrogens is 490 g/mol. The average Bonchev–Trinajstić information content (AvgIpc) is 3.29. The van der Waals surface area contributed by atoms with Gasteiger partial charge in [0.15, 0.2) is 5.17 Å². The van der Waals surface area contributed by atoms with Gasteiger partial charge in [0, 0.05) is 18.8 Å². The van der Waals surface area contributed by atoms with Crippen LogP contribution in [-0.2, 0) is 23.9 Å². The van der Waals surface area contributed by atoms with Crippen LogP contribution in [0.4, 0.5) is 0 Å². The molecule has 3 aliphatic rings. The van der Waals surface area contributed by atoms with Gasteiger partial charge in [-0.3, -0.25) is 9.59 Å². The third-order valence-corrected chi connectivity index (χ3v) is 7.94. The van der Waals surface area contributed by atoms with Crippen LogP contribution in [0.5, 0.6) is 0 Å². The standard InChI is InChI=1S/C28H35N3O5S/c1-6-36-26(33)21-8-7-13-30(15-21)23(32)14-22-16-37-28-29-18(4)24(27(34)35-5)25(31(22)28)20-11-9-19(10-12-20)17(2)3/h9-12,16-17,21,25H,6-8,13-15H2,1-5H3/t21-,25+/m1/s1. The molecule has 8 nitrogen and oxygen atoms in total. The van der Waals surface area contributed by atoms with Crippen LogP contribution >= 0.6 is 11.8 Å². The molecule has 1 amide bonds. The van der Waals surface area contributed by atoms with Crippen LogP contribution in [0.2, 0.25) is 0 Å². The second-order valence-corrected chi connectivity index (χ2v) is 10.7. The highest BCUT2D eigenvalue weighted by Crippen LogP contribution is 2.45. The van der Waals surface area contributed by atoms with Crippen molar-refractivity contribution in [3.8, 4) is 0 Å². The van der Waals surface area contributed by atoms with Gasteiger partial charge in [-0.2, -0.15) is 0 Å². The first-order chi connectivity index (χ1) is 17.7. The van der Waals surface area contributed by atoms with E-state index in [-0.39, 0.29) is 24.2 Å². The summed E-state index contributed by atoms with van der Waals surface area (Å²) in [7, 11) is 1.37. The number of carbonyl (C=O) groups is 3. The first-order valence-electron chi connectivity index (χ1n) is 12.8. The van der Waals surface area contributed by atoms with Crippen molar-refractivity contribution in [3.63, 3.8) is 0 Å². The SMILES string of the molecule is CCOC(=O)[C@@H]1CCCN(C(=O)CC2=CSC3=NC(C)=C(C(=O)OC)[C@H](c4ccc(C(C)C)cc4)N23)C1. The van der Waals surface area contributed by atoms with Crippen LogP contribution in [0, 0.1) is 5.92 Å². The van der Waals surface area contributed by atoms with Crippen LogP contribution in [0.3, 0.4) is 0 Å². The van der Waals surface area contributed by atoms with E-state index in [2.05, 4.69) is 31.0 Å². The molecule has 0 aliphatic carbocycles. The molecule has 0 unspecified atom stereocenters. The molecule has 1 fully saturated rings. The summed E-state index contributed by atoms with van der Waals surface area (Å²) in [5, 5.41) is 2.67. The van der Waals surface area contributed by atoms with Crippen molar-refractivity contribution in [2.75, 3.05) is 26.8 Å². The van der Waals surface area contributed by atoms with Crippen molar-refractivity contribution in [2.24, 2.45) is 10.9 Å². The van der Waals surface area contributed by atoms with Gasteiger partial charge in [-0.25, -0.2) is 9.79 Å². The minimum absolute atomic E-state index is 0.0538. The fourth-order valence-electron chi connectivity index (χ4n) is 5.04. The summed E-state index contributed by atoms with van der Waals surface area (Å²) in [6, 6.07) is 7.78. The van der Waals surface area contributed by atoms with Crippen molar-refractivity contribution in [1.29, 1.82) is 0 Å². The van der Waals surface area contributed by atoms with Gasteiger partial charge in [-0.05, 0) is 49.1 Å². The Morgan fingerprint density at radius 2 is 1.92 bits per heavy atom. The summed E-state index contributed by atoms with van der Waals surface area (Å²) in [5.41, 5.74) is 3.98. The first kappa shape index (κ1) is 27.0. The highest BCUT2D eigenvalue weighted by atomic mass is 32.2. The van der Waals surface area contributed by atoms with E-state index in [9.17, 15) is 14.4 Å². The van der Waals surface area contributed by atoms with Gasteiger partial charge in [0.25, 0.3) is 0 Å². The molecule has 0 aromatic heterocycles. The summed E-state index contributed by atoms with van der Waals surface area (Å²) in [6.07, 6.45) is 1.64. The highest BCUT2D eigenvalue weighted by molar-refractivity contribution is 8.16. The molecule has 0 saturated carbocycles. The predicted molar refractivity (Wildman–Crippen MR) is 143 cm³/mol. The number of benzene rings is 1. The maximum atomic E-state index is 13.4. The Bertz CT molecular complexity index is 1150. The van der Waals surface area contributed by atoms with E-state index >= 15 is 0 Å². The number of rotatable bonds is 7. The molecule has 0 N–H and O–H groups in total. The average molecular weight is 526 g/mol. The number of amidine groups is 1. The topological polar surface area (TPSA) is 88.5 Å². The zero-order valence-electron chi connectivity index (χ0n) is 22.2. The molecule has 9 heteroatoms. The van der Waals surface area contributed by atoms with Gasteiger partial charge in [0.1, 0.15) is 0 Å². The van der Waals surface area contributed by atoms with Crippen molar-refractivity contribution in [1.82, 2.24) is 9.80 Å². The molecule has 3 heterocycles. The highest BCUT2D eigenvalue weighted by Gasteiger charge is 2.41. The number of likely N-dealkylation sites (tertiary alicyclic amines) is 1. The van der Waals surface area contributed by atoms with Crippen molar-refractivity contribution >= 4 is 34.8 Å². The number of fused-ring (bicyclic) bond motifs is 1. The third kappa shape index (κ3) is 5.61. The van der Waals surface area contributed by atoms with E-state index in [0.29, 0.717) is 36.9 Å². The van der Waals surface area contributed by atoms with Gasteiger partial charge >= 0.3 is 11.9 Å². The fraction of sp³-hybridized carbons (Fsp3) is 0.500. The molecular formula is C28H35N3O5S. The molecule has 198 valence electrons. The molecule has 1 saturated heterocycles. The summed E-state index contributed by atoms with van der Waals surface area (Å²) < 4.78 is 10.3. The summed E-state index contributed by atoms with van der Waals surface area (Å²) in [5.74, 6) is -0.640. The summed E-state index contributed by atoms with van der Waals surface area (Å²) in [6.45, 7) is 9.20. The van der Waals surface area contributed by atoms with Crippen molar-refractivity contribution < 1.29 is 23.9 Å². The predicted octanol–water partition coefficient (Wildman–Crippen LogP) is 4.75. The number of aliphatic imine (C=N–C) groups is 1. The van der Waals surface area contributed by atoms with Gasteiger partial charge in [0.05, 0.1) is 43.4 Å². The van der Waals surface area contributed by atoms with Gasteiger partial charge in [-0.15, -0.1) is 0 Å². The normalized spacial score (nSPS) is 21.5. The lowest BCUT2D eigenvalue weighted by Crippen LogP contribution is -2.44. The van der Waals surface area contributed by atoms with Crippen LogP contribution in [0.1, 0.15) is 70.0 Å². The quantitative estimate of drug-likeness (QED) is 0.475. The Morgan fingerprint density at radius 1 is 1.19 bits per heavy atom. The number of piperidine rings is 1. The fourth-order valence-corrected chi connectivity index (χ4v) is 6.01. The maximum absolute atomic E-state index is 13.4. The van der Waals surface area contributed by atoms with Gasteiger partial charge in [0.2, 0.25) is 5.91 Å². The molecule has 3 aliphatic heterocycles. The second-order valence-electron chi connectivity index (χ2n) is 9.81. The van der Waals surface area contributed by atoms with Gasteiger partial charge in [-0.1, -0.05) is 49.9 Å². The van der Waals surface area contributed by atoms with Crippen LogP contribution in [-0.4, -0.2) is 59.6 Å². The number of carbonyl (C=O) groups excluding carboxylic acids is 3. The van der Waals surface area contributed by atoms with E-state index in [4.69, 9.17) is 9.47 Å². The number of ether oxygens (including phenoxy) is 2. The molecule has 0 radical (unpaired) electrons. The third-order valence-electron chi connectivity index (χ3n) is 7.05. The Kier molecular flexibility index (Phi) is 8.42. The molecule has 1 aromatic rings. The molecule has 0 spiro atoms.